The molecule has 0 aliphatic heterocycles. The van der Waals surface area contributed by atoms with Crippen LogP contribution in [0.5, 0.6) is 0 Å². The standard InChI is InChI=1S/C4H6O.C2H2O/c1-2-3-4-5;1-2-3/h2-4H,1H3;1H2. The summed E-state index contributed by atoms with van der Waals surface area (Å²) >= 11 is 0. The molecule has 8 heavy (non-hydrogen) atoms. The van der Waals surface area contributed by atoms with Crippen LogP contribution in [0.1, 0.15) is 6.92 Å². The highest BCUT2D eigenvalue weighted by molar-refractivity contribution is 5.64. The summed E-state index contributed by atoms with van der Waals surface area (Å²) in [6.07, 6.45) is 3.88. The Kier molecular flexibility index (Phi) is 21.1. The van der Waals surface area contributed by atoms with Gasteiger partial charge in [-0.2, -0.15) is 0 Å². The van der Waals surface area contributed by atoms with E-state index in [0.717, 1.165) is 6.29 Å². The quantitative estimate of drug-likeness (QED) is 0.285. The van der Waals surface area contributed by atoms with Gasteiger partial charge in [0.25, 0.3) is 0 Å². The molecule has 2 nitrogen and oxygen atoms in total. The van der Waals surface area contributed by atoms with Gasteiger partial charge in [-0.3, -0.25) is 4.79 Å². The molecule has 0 aromatic rings. The average molecular weight is 112 g/mol. The molecule has 0 radical (unpaired) electrons. The Morgan fingerprint density at radius 2 is 2.00 bits per heavy atom. The summed E-state index contributed by atoms with van der Waals surface area (Å²) in [6, 6.07) is 0. The van der Waals surface area contributed by atoms with Gasteiger partial charge in [-0.1, -0.05) is 6.08 Å². The van der Waals surface area contributed by atoms with Crippen molar-refractivity contribution in [2.75, 3.05) is 0 Å². The topological polar surface area (TPSA) is 34.1 Å². The van der Waals surface area contributed by atoms with Crippen LogP contribution < -0.4 is 0 Å². The summed E-state index contributed by atoms with van der Waals surface area (Å²) in [5.74, 6) is 1.25. The molecule has 0 saturated heterocycles. The van der Waals surface area contributed by atoms with Crippen LogP contribution in [0.2, 0.25) is 0 Å². The summed E-state index contributed by atoms with van der Waals surface area (Å²) in [6.45, 7) is 4.48. The minimum absolute atomic E-state index is 0.750. The molecule has 0 amide bonds. The first-order valence-electron chi connectivity index (χ1n) is 2.04. The van der Waals surface area contributed by atoms with Crippen molar-refractivity contribution in [3.05, 3.63) is 18.7 Å². The number of carbonyl (C=O) groups is 1. The summed E-state index contributed by atoms with van der Waals surface area (Å²) in [5.41, 5.74) is 0. The first-order chi connectivity index (χ1) is 3.83. The maximum Gasteiger partial charge on any atom is 0.142 e. The van der Waals surface area contributed by atoms with E-state index in [-0.39, 0.29) is 0 Å². The fourth-order valence-electron chi connectivity index (χ4n) is 0.0786. The van der Waals surface area contributed by atoms with Crippen molar-refractivity contribution in [2.24, 2.45) is 0 Å². The molecule has 0 fully saturated rings. The average Bonchev–Trinajstić information content (AvgIpc) is 1.71. The van der Waals surface area contributed by atoms with Crippen LogP contribution in [0.4, 0.5) is 0 Å². The highest BCUT2D eigenvalue weighted by atomic mass is 16.1. The van der Waals surface area contributed by atoms with E-state index < -0.39 is 0 Å². The van der Waals surface area contributed by atoms with E-state index in [2.05, 4.69) is 6.58 Å². The maximum absolute atomic E-state index is 9.32. The smallest absolute Gasteiger partial charge is 0.142 e. The first-order valence-corrected chi connectivity index (χ1v) is 2.04. The van der Waals surface area contributed by atoms with Crippen molar-refractivity contribution in [3.8, 4) is 0 Å². The van der Waals surface area contributed by atoms with Crippen molar-refractivity contribution >= 4 is 12.2 Å². The molecule has 0 atom stereocenters. The van der Waals surface area contributed by atoms with Crippen molar-refractivity contribution in [1.29, 1.82) is 0 Å². The molecule has 0 aromatic heterocycles. The van der Waals surface area contributed by atoms with Gasteiger partial charge in [0.05, 0.1) is 0 Å². The normalized spacial score (nSPS) is 6.62. The summed E-state index contributed by atoms with van der Waals surface area (Å²) in [5, 5.41) is 0. The number of carbonyl (C=O) groups excluding carboxylic acids is 2. The summed E-state index contributed by atoms with van der Waals surface area (Å²) < 4.78 is 0. The third-order valence-corrected chi connectivity index (χ3v) is 0.271. The second-order valence-corrected chi connectivity index (χ2v) is 0.806. The molecule has 44 valence electrons. The summed E-state index contributed by atoms with van der Waals surface area (Å²) in [4.78, 5) is 17.9. The van der Waals surface area contributed by atoms with E-state index in [9.17, 15) is 4.79 Å². The zero-order valence-corrected chi connectivity index (χ0v) is 4.76. The Bertz CT molecular complexity index is 97.1. The monoisotopic (exact) mass is 112 g/mol. The lowest BCUT2D eigenvalue weighted by Gasteiger charge is -1.51. The Labute approximate surface area is 48.5 Å². The number of hydrogen-bond acceptors (Lipinski definition) is 2. The highest BCUT2D eigenvalue weighted by Crippen LogP contribution is 1.55. The maximum atomic E-state index is 9.32. The van der Waals surface area contributed by atoms with Crippen molar-refractivity contribution in [3.63, 3.8) is 0 Å². The van der Waals surface area contributed by atoms with Gasteiger partial charge >= 0.3 is 0 Å². The van der Waals surface area contributed by atoms with Gasteiger partial charge in [-0.15, -0.1) is 0 Å². The van der Waals surface area contributed by atoms with E-state index in [1.165, 1.54) is 12.0 Å². The Hall–Kier alpha value is -1.14. The lowest BCUT2D eigenvalue weighted by molar-refractivity contribution is -0.104. The SMILES string of the molecule is C=C=O.CC=CC=O. The first kappa shape index (κ1) is 9.97. The molecule has 0 rings (SSSR count). The number of allylic oxidation sites excluding steroid dienone is 2. The van der Waals surface area contributed by atoms with E-state index in [1.807, 2.05) is 0 Å². The lowest BCUT2D eigenvalue weighted by Crippen LogP contribution is -1.50. The molecule has 2 heteroatoms. The van der Waals surface area contributed by atoms with Crippen LogP contribution >= 0.6 is 0 Å². The molecule has 0 saturated carbocycles. The molecule has 0 bridgehead atoms. The van der Waals surface area contributed by atoms with Gasteiger partial charge < -0.3 is 0 Å². The Morgan fingerprint density at radius 3 is 2.00 bits per heavy atom. The van der Waals surface area contributed by atoms with E-state index >= 15 is 0 Å². The van der Waals surface area contributed by atoms with E-state index in [4.69, 9.17) is 4.79 Å². The molecule has 0 N–H and O–H groups in total. The minimum Gasteiger partial charge on any atom is -0.299 e. The molecular weight excluding hydrogens is 104 g/mol. The molecule has 0 aliphatic rings. The molecule has 0 unspecified atom stereocenters. The van der Waals surface area contributed by atoms with Crippen LogP contribution in [0.15, 0.2) is 18.7 Å². The molecule has 0 aliphatic carbocycles. The number of hydrogen-bond donors (Lipinski definition) is 0. The lowest BCUT2D eigenvalue weighted by atomic mass is 10.6. The second kappa shape index (κ2) is 16.9. The van der Waals surface area contributed by atoms with Gasteiger partial charge in [0.2, 0.25) is 0 Å². The molecule has 0 aromatic carbocycles. The predicted octanol–water partition coefficient (Wildman–Crippen LogP) is 0.765. The Balaban J connectivity index is 0. The van der Waals surface area contributed by atoms with Gasteiger partial charge in [0, 0.05) is 0 Å². The van der Waals surface area contributed by atoms with E-state index in [0.29, 0.717) is 0 Å². The minimum atomic E-state index is 0.750. The predicted molar refractivity (Wildman–Crippen MR) is 32.2 cm³/mol. The van der Waals surface area contributed by atoms with Crippen LogP contribution in [0, 0.1) is 0 Å². The van der Waals surface area contributed by atoms with Crippen LogP contribution in [0.25, 0.3) is 0 Å². The largest absolute Gasteiger partial charge is 0.299 e. The zero-order chi connectivity index (χ0) is 6.83. The Morgan fingerprint density at radius 1 is 1.62 bits per heavy atom. The molecule has 0 spiro atoms. The number of rotatable bonds is 1. The molecular formula is C6H8O2. The zero-order valence-electron chi connectivity index (χ0n) is 4.76. The van der Waals surface area contributed by atoms with Gasteiger partial charge in [-0.05, 0) is 19.6 Å². The van der Waals surface area contributed by atoms with Crippen LogP contribution in [-0.2, 0) is 9.59 Å². The third-order valence-electron chi connectivity index (χ3n) is 0.271. The molecule has 0 heterocycles. The van der Waals surface area contributed by atoms with Gasteiger partial charge in [0.1, 0.15) is 12.2 Å². The highest BCUT2D eigenvalue weighted by Gasteiger charge is 1.48. The van der Waals surface area contributed by atoms with E-state index in [1.54, 1.807) is 13.0 Å². The van der Waals surface area contributed by atoms with Crippen LogP contribution in [-0.4, -0.2) is 12.2 Å². The van der Waals surface area contributed by atoms with Gasteiger partial charge in [-0.25, -0.2) is 4.79 Å². The van der Waals surface area contributed by atoms with Crippen LogP contribution in [0.3, 0.4) is 0 Å². The van der Waals surface area contributed by atoms with Gasteiger partial charge in [0.15, 0.2) is 0 Å². The van der Waals surface area contributed by atoms with Crippen molar-refractivity contribution in [1.82, 2.24) is 0 Å². The van der Waals surface area contributed by atoms with Crippen molar-refractivity contribution < 1.29 is 9.59 Å². The fourth-order valence-corrected chi connectivity index (χ4v) is 0.0786. The van der Waals surface area contributed by atoms with Crippen molar-refractivity contribution in [2.45, 2.75) is 6.92 Å². The second-order valence-electron chi connectivity index (χ2n) is 0.806. The fraction of sp³-hybridized carbons (Fsp3) is 0.167. The summed E-state index contributed by atoms with van der Waals surface area (Å²) in [7, 11) is 0. The number of aldehydes is 1. The third kappa shape index (κ3) is 97.9.